The molecule has 2 saturated heterocycles. The van der Waals surface area contributed by atoms with Gasteiger partial charge in [0.2, 0.25) is 5.91 Å². The van der Waals surface area contributed by atoms with Gasteiger partial charge in [-0.2, -0.15) is 4.31 Å². The normalized spacial score (nSPS) is 20.8. The Morgan fingerprint density at radius 3 is 2.51 bits per heavy atom. The molecule has 2 fully saturated rings. The predicted molar refractivity (Wildman–Crippen MR) is 163 cm³/mol. The summed E-state index contributed by atoms with van der Waals surface area (Å²) in [5.41, 5.74) is 0.893. The Balaban J connectivity index is 0.00000337. The summed E-state index contributed by atoms with van der Waals surface area (Å²) in [5, 5.41) is 5.89. The van der Waals surface area contributed by atoms with Crippen LogP contribution >= 0.6 is 46.7 Å². The number of thiazole rings is 1. The topological polar surface area (TPSA) is 97.4 Å². The van der Waals surface area contributed by atoms with E-state index in [-0.39, 0.29) is 54.5 Å². The van der Waals surface area contributed by atoms with Gasteiger partial charge in [-0.25, -0.2) is 23.4 Å². The first-order valence-electron chi connectivity index (χ1n) is 13.3. The van der Waals surface area contributed by atoms with E-state index in [1.54, 1.807) is 23.1 Å². The highest BCUT2D eigenvalue weighted by Crippen LogP contribution is 2.34. The molecule has 3 aliphatic heterocycles. The fraction of sp³-hybridized carbons (Fsp3) is 0.500. The van der Waals surface area contributed by atoms with Crippen molar-refractivity contribution in [3.05, 3.63) is 44.9 Å². The lowest BCUT2D eigenvalue weighted by Gasteiger charge is -2.40. The maximum absolute atomic E-state index is 13.8. The Labute approximate surface area is 258 Å². The first kappa shape index (κ1) is 30.6. The standard InChI is InChI=1S/C26H31ClN6O4S3.ClH/c1-29-15-20-22(16-30(29)2)39-25(28-20)26(35)33-10-9-32(14-19(33)13-23(34)31-7-3-4-8-31)40(36,37)24-11-17-5-6-18(27)12-21(17)38-24;/h5-6,11-12,19H,3-4,7-10,13-16H2,1-2H3;1H. The SMILES string of the molecule is CN1Cc2nc(C(=O)N3CCN(S(=O)(=O)c4cc5ccc(Cl)cc5s4)CC3CC(=O)N3CCCC3)sc2CN1C.Cl. The van der Waals surface area contributed by atoms with E-state index in [1.165, 1.54) is 27.0 Å². The number of piperazine rings is 1. The molecular weight excluding hydrogens is 627 g/mol. The molecule has 3 aliphatic rings. The third-order valence-electron chi connectivity index (χ3n) is 7.92. The van der Waals surface area contributed by atoms with Gasteiger partial charge in [0.15, 0.2) is 5.01 Å². The molecule has 0 spiro atoms. The molecule has 2 aromatic heterocycles. The van der Waals surface area contributed by atoms with Crippen LogP contribution in [-0.2, 0) is 27.9 Å². The van der Waals surface area contributed by atoms with Gasteiger partial charge in [-0.15, -0.1) is 35.1 Å². The quantitative estimate of drug-likeness (QED) is 0.412. The van der Waals surface area contributed by atoms with Gasteiger partial charge in [-0.1, -0.05) is 17.7 Å². The van der Waals surface area contributed by atoms with E-state index in [2.05, 4.69) is 15.0 Å². The van der Waals surface area contributed by atoms with Crippen LogP contribution in [0.15, 0.2) is 28.5 Å². The van der Waals surface area contributed by atoms with Gasteiger partial charge in [0, 0.05) is 74.4 Å². The number of amides is 2. The molecule has 0 saturated carbocycles. The number of rotatable bonds is 5. The van der Waals surface area contributed by atoms with Crippen LogP contribution in [-0.4, -0.2) is 102 Å². The summed E-state index contributed by atoms with van der Waals surface area (Å²) in [6.45, 7) is 3.10. The highest BCUT2D eigenvalue weighted by atomic mass is 35.5. The lowest BCUT2D eigenvalue weighted by Crippen LogP contribution is -2.57. The fourth-order valence-electron chi connectivity index (χ4n) is 5.53. The van der Waals surface area contributed by atoms with Gasteiger partial charge < -0.3 is 9.80 Å². The van der Waals surface area contributed by atoms with Gasteiger partial charge in [-0.3, -0.25) is 9.59 Å². The molecule has 2 amide bonds. The number of halogens is 2. The molecular formula is C26H32Cl2N6O4S3. The number of hydrogen-bond donors (Lipinski definition) is 0. The molecule has 3 aromatic rings. The zero-order valence-corrected chi connectivity index (χ0v) is 26.8. The van der Waals surface area contributed by atoms with Crippen molar-refractivity contribution in [3.63, 3.8) is 0 Å². The zero-order valence-electron chi connectivity index (χ0n) is 22.8. The molecule has 41 heavy (non-hydrogen) atoms. The van der Waals surface area contributed by atoms with Crippen LogP contribution in [0.4, 0.5) is 0 Å². The molecule has 10 nitrogen and oxygen atoms in total. The Morgan fingerprint density at radius 2 is 1.76 bits per heavy atom. The number of nitrogens with zero attached hydrogens (tertiary/aromatic N) is 6. The summed E-state index contributed by atoms with van der Waals surface area (Å²) in [4.78, 5) is 36.2. The summed E-state index contributed by atoms with van der Waals surface area (Å²) < 4.78 is 30.0. The number of fused-ring (bicyclic) bond motifs is 2. The van der Waals surface area contributed by atoms with Crippen LogP contribution in [0.5, 0.6) is 0 Å². The number of aromatic nitrogens is 1. The summed E-state index contributed by atoms with van der Waals surface area (Å²) in [6.07, 6.45) is 2.00. The van der Waals surface area contributed by atoms with E-state index in [0.717, 1.165) is 33.5 Å². The van der Waals surface area contributed by atoms with E-state index >= 15 is 0 Å². The van der Waals surface area contributed by atoms with E-state index in [9.17, 15) is 18.0 Å². The Morgan fingerprint density at radius 1 is 1.02 bits per heavy atom. The Kier molecular flexibility index (Phi) is 8.99. The van der Waals surface area contributed by atoms with Crippen LogP contribution in [0.1, 0.15) is 39.6 Å². The number of thiophene rings is 1. The van der Waals surface area contributed by atoms with Crippen LogP contribution < -0.4 is 0 Å². The summed E-state index contributed by atoms with van der Waals surface area (Å²) in [5.74, 6) is -0.282. The number of benzene rings is 1. The van der Waals surface area contributed by atoms with Crippen molar-refractivity contribution in [2.75, 3.05) is 46.8 Å². The summed E-state index contributed by atoms with van der Waals surface area (Å²) in [7, 11) is 0.145. The second-order valence-electron chi connectivity index (χ2n) is 10.6. The summed E-state index contributed by atoms with van der Waals surface area (Å²) >= 11 is 8.69. The fourth-order valence-corrected chi connectivity index (χ4v) is 9.90. The van der Waals surface area contributed by atoms with Gasteiger partial charge in [0.25, 0.3) is 15.9 Å². The molecule has 1 aromatic carbocycles. The second-order valence-corrected chi connectivity index (χ2v) is 15.3. The number of hydrogen-bond acceptors (Lipinski definition) is 9. The number of carbonyl (C=O) groups excluding carboxylic acids is 2. The molecule has 222 valence electrons. The van der Waals surface area contributed by atoms with Crippen LogP contribution in [0, 0.1) is 0 Å². The zero-order chi connectivity index (χ0) is 28.2. The molecule has 1 unspecified atom stereocenters. The van der Waals surface area contributed by atoms with Gasteiger partial charge in [0.05, 0.1) is 18.3 Å². The van der Waals surface area contributed by atoms with Crippen molar-refractivity contribution in [1.82, 2.24) is 29.1 Å². The average Bonchev–Trinajstić information content (AvgIpc) is 3.68. The molecule has 6 rings (SSSR count). The van der Waals surface area contributed by atoms with E-state index in [0.29, 0.717) is 36.2 Å². The minimum absolute atomic E-state index is 0. The monoisotopic (exact) mass is 658 g/mol. The van der Waals surface area contributed by atoms with Crippen molar-refractivity contribution < 1.29 is 18.0 Å². The number of sulfonamides is 1. The smallest absolute Gasteiger partial charge is 0.283 e. The maximum Gasteiger partial charge on any atom is 0.283 e. The first-order chi connectivity index (χ1) is 19.1. The number of likely N-dealkylation sites (tertiary alicyclic amines) is 1. The lowest BCUT2D eigenvalue weighted by atomic mass is 10.1. The molecule has 0 radical (unpaired) electrons. The van der Waals surface area contributed by atoms with Crippen molar-refractivity contribution in [1.29, 1.82) is 0 Å². The minimum atomic E-state index is -3.83. The van der Waals surface area contributed by atoms with Crippen molar-refractivity contribution in [2.45, 2.75) is 42.6 Å². The van der Waals surface area contributed by atoms with Gasteiger partial charge in [0.1, 0.15) is 4.21 Å². The molecule has 5 heterocycles. The Hall–Kier alpha value is -1.84. The molecule has 0 aliphatic carbocycles. The third-order valence-corrected chi connectivity index (χ3v) is 12.6. The largest absolute Gasteiger partial charge is 0.343 e. The third kappa shape index (κ3) is 6.00. The molecule has 0 N–H and O–H groups in total. The highest BCUT2D eigenvalue weighted by molar-refractivity contribution is 7.91. The molecule has 1 atom stereocenters. The summed E-state index contributed by atoms with van der Waals surface area (Å²) in [6, 6.07) is 6.40. The van der Waals surface area contributed by atoms with Crippen molar-refractivity contribution in [3.8, 4) is 0 Å². The molecule has 15 heteroatoms. The molecule has 0 bridgehead atoms. The lowest BCUT2D eigenvalue weighted by molar-refractivity contribution is -0.131. The first-order valence-corrected chi connectivity index (χ1v) is 16.7. The Bertz CT molecular complexity index is 1540. The predicted octanol–water partition coefficient (Wildman–Crippen LogP) is 3.75. The van der Waals surface area contributed by atoms with Crippen molar-refractivity contribution >= 4 is 78.6 Å². The highest BCUT2D eigenvalue weighted by Gasteiger charge is 2.40. The van der Waals surface area contributed by atoms with Gasteiger partial charge in [-0.05, 0) is 36.4 Å². The van der Waals surface area contributed by atoms with E-state index < -0.39 is 16.1 Å². The minimum Gasteiger partial charge on any atom is -0.343 e. The van der Waals surface area contributed by atoms with E-state index in [4.69, 9.17) is 11.6 Å². The maximum atomic E-state index is 13.8. The van der Waals surface area contributed by atoms with Crippen LogP contribution in [0.25, 0.3) is 10.1 Å². The average molecular weight is 660 g/mol. The van der Waals surface area contributed by atoms with Gasteiger partial charge >= 0.3 is 0 Å². The van der Waals surface area contributed by atoms with E-state index in [1.807, 2.05) is 25.1 Å². The van der Waals surface area contributed by atoms with Crippen LogP contribution in [0.2, 0.25) is 5.02 Å². The number of hydrazine groups is 1. The second kappa shape index (κ2) is 12.0. The van der Waals surface area contributed by atoms with Crippen molar-refractivity contribution in [2.24, 2.45) is 0 Å². The number of carbonyl (C=O) groups is 2. The van der Waals surface area contributed by atoms with Crippen LogP contribution in [0.3, 0.4) is 0 Å².